The highest BCUT2D eigenvalue weighted by Gasteiger charge is 2.22. The molecule has 0 radical (unpaired) electrons. The van der Waals surface area contributed by atoms with Crippen LogP contribution < -0.4 is 5.32 Å². The number of nitrogens with one attached hydrogen (secondary N) is 1. The molecule has 1 aromatic carbocycles. The summed E-state index contributed by atoms with van der Waals surface area (Å²) in [6, 6.07) is 7.44. The van der Waals surface area contributed by atoms with Gasteiger partial charge < -0.3 is 10.1 Å². The molecule has 88 valence electrons. The summed E-state index contributed by atoms with van der Waals surface area (Å²) in [5.41, 5.74) is 0.505. The first-order valence-electron chi connectivity index (χ1n) is 5.01. The SMILES string of the molecule is COCC(=O)NC(C)(C)c1cccc(Cl)c1. The van der Waals surface area contributed by atoms with Gasteiger partial charge in [-0.3, -0.25) is 4.79 Å². The molecule has 0 heterocycles. The zero-order valence-electron chi connectivity index (χ0n) is 9.71. The Hall–Kier alpha value is -1.06. The number of halogens is 1. The van der Waals surface area contributed by atoms with Gasteiger partial charge in [-0.1, -0.05) is 23.7 Å². The van der Waals surface area contributed by atoms with Gasteiger partial charge in [0.25, 0.3) is 0 Å². The van der Waals surface area contributed by atoms with Gasteiger partial charge in [0.1, 0.15) is 6.61 Å². The Morgan fingerprint density at radius 1 is 1.50 bits per heavy atom. The van der Waals surface area contributed by atoms with Gasteiger partial charge >= 0.3 is 0 Å². The average molecular weight is 242 g/mol. The van der Waals surface area contributed by atoms with E-state index in [0.29, 0.717) is 5.02 Å². The molecule has 0 atom stereocenters. The van der Waals surface area contributed by atoms with Crippen LogP contribution in [0.5, 0.6) is 0 Å². The molecule has 0 aromatic heterocycles. The molecule has 1 rings (SSSR count). The van der Waals surface area contributed by atoms with Crippen molar-refractivity contribution in [2.24, 2.45) is 0 Å². The Labute approximate surface area is 101 Å². The van der Waals surface area contributed by atoms with Crippen LogP contribution in [0.15, 0.2) is 24.3 Å². The molecule has 1 amide bonds. The number of benzene rings is 1. The van der Waals surface area contributed by atoms with Crippen molar-refractivity contribution < 1.29 is 9.53 Å². The summed E-state index contributed by atoms with van der Waals surface area (Å²) in [6.07, 6.45) is 0. The fourth-order valence-corrected chi connectivity index (χ4v) is 1.66. The van der Waals surface area contributed by atoms with Gasteiger partial charge in [0.05, 0.1) is 5.54 Å². The predicted octanol–water partition coefficient (Wildman–Crippen LogP) is 2.34. The van der Waals surface area contributed by atoms with Crippen molar-refractivity contribution in [1.29, 1.82) is 0 Å². The van der Waals surface area contributed by atoms with Crippen molar-refractivity contribution >= 4 is 17.5 Å². The molecule has 0 saturated carbocycles. The van der Waals surface area contributed by atoms with E-state index in [1.54, 1.807) is 6.07 Å². The molecule has 3 nitrogen and oxygen atoms in total. The Kier molecular flexibility index (Phi) is 4.33. The Balaban J connectivity index is 2.81. The van der Waals surface area contributed by atoms with E-state index in [4.69, 9.17) is 16.3 Å². The van der Waals surface area contributed by atoms with Gasteiger partial charge in [0.15, 0.2) is 0 Å². The summed E-state index contributed by atoms with van der Waals surface area (Å²) in [4.78, 5) is 11.4. The smallest absolute Gasteiger partial charge is 0.246 e. The minimum atomic E-state index is -0.458. The normalized spacial score (nSPS) is 11.2. The van der Waals surface area contributed by atoms with Crippen molar-refractivity contribution in [3.05, 3.63) is 34.9 Å². The fraction of sp³-hybridized carbons (Fsp3) is 0.417. The maximum atomic E-state index is 11.4. The van der Waals surface area contributed by atoms with Crippen molar-refractivity contribution in [2.75, 3.05) is 13.7 Å². The Morgan fingerprint density at radius 2 is 2.19 bits per heavy atom. The Morgan fingerprint density at radius 3 is 2.75 bits per heavy atom. The van der Waals surface area contributed by atoms with Crippen molar-refractivity contribution in [2.45, 2.75) is 19.4 Å². The molecule has 0 spiro atoms. The van der Waals surface area contributed by atoms with Crippen LogP contribution in [-0.2, 0) is 15.1 Å². The molecule has 16 heavy (non-hydrogen) atoms. The van der Waals surface area contributed by atoms with E-state index < -0.39 is 5.54 Å². The number of hydrogen-bond acceptors (Lipinski definition) is 2. The third-order valence-electron chi connectivity index (χ3n) is 2.27. The number of carbonyl (C=O) groups is 1. The van der Waals surface area contributed by atoms with Crippen molar-refractivity contribution in [3.63, 3.8) is 0 Å². The molecule has 0 bridgehead atoms. The van der Waals surface area contributed by atoms with Gasteiger partial charge in [-0.05, 0) is 31.5 Å². The van der Waals surface area contributed by atoms with E-state index in [-0.39, 0.29) is 12.5 Å². The first-order valence-corrected chi connectivity index (χ1v) is 5.39. The quantitative estimate of drug-likeness (QED) is 0.879. The molecule has 0 aliphatic rings. The molecule has 1 aromatic rings. The molecular formula is C12H16ClNO2. The molecule has 4 heteroatoms. The summed E-state index contributed by atoms with van der Waals surface area (Å²) < 4.78 is 4.77. The predicted molar refractivity (Wildman–Crippen MR) is 64.5 cm³/mol. The van der Waals surface area contributed by atoms with Crippen LogP contribution in [0.4, 0.5) is 0 Å². The van der Waals surface area contributed by atoms with Crippen molar-refractivity contribution in [1.82, 2.24) is 5.32 Å². The number of amides is 1. The summed E-state index contributed by atoms with van der Waals surface area (Å²) >= 11 is 5.91. The van der Waals surface area contributed by atoms with Gasteiger partial charge in [-0.25, -0.2) is 0 Å². The standard InChI is InChI=1S/C12H16ClNO2/c1-12(2,14-11(15)8-16-3)9-5-4-6-10(13)7-9/h4-7H,8H2,1-3H3,(H,14,15). The topological polar surface area (TPSA) is 38.3 Å². The molecule has 1 N–H and O–H groups in total. The van der Waals surface area contributed by atoms with E-state index in [2.05, 4.69) is 5.32 Å². The lowest BCUT2D eigenvalue weighted by molar-refractivity contribution is -0.126. The molecule has 0 unspecified atom stereocenters. The van der Waals surface area contributed by atoms with E-state index in [0.717, 1.165) is 5.56 Å². The zero-order valence-corrected chi connectivity index (χ0v) is 10.5. The largest absolute Gasteiger partial charge is 0.375 e. The van der Waals surface area contributed by atoms with Crippen LogP contribution in [0.25, 0.3) is 0 Å². The minimum Gasteiger partial charge on any atom is -0.375 e. The number of methoxy groups -OCH3 is 1. The van der Waals surface area contributed by atoms with Gasteiger partial charge in [0.2, 0.25) is 5.91 Å². The average Bonchev–Trinajstić information content (AvgIpc) is 2.17. The van der Waals surface area contributed by atoms with Crippen LogP contribution in [0.2, 0.25) is 5.02 Å². The summed E-state index contributed by atoms with van der Waals surface area (Å²) in [5, 5.41) is 3.54. The second-order valence-electron chi connectivity index (χ2n) is 4.12. The highest BCUT2D eigenvalue weighted by atomic mass is 35.5. The van der Waals surface area contributed by atoms with Crippen LogP contribution in [0.1, 0.15) is 19.4 Å². The monoisotopic (exact) mass is 241 g/mol. The lowest BCUT2D eigenvalue weighted by Gasteiger charge is -2.27. The van der Waals surface area contributed by atoms with Crippen LogP contribution >= 0.6 is 11.6 Å². The number of hydrogen-bond donors (Lipinski definition) is 1. The maximum Gasteiger partial charge on any atom is 0.246 e. The lowest BCUT2D eigenvalue weighted by Crippen LogP contribution is -2.42. The molecule has 0 aliphatic heterocycles. The van der Waals surface area contributed by atoms with Crippen LogP contribution in [-0.4, -0.2) is 19.6 Å². The third-order valence-corrected chi connectivity index (χ3v) is 2.51. The number of rotatable bonds is 4. The number of carbonyl (C=O) groups excluding carboxylic acids is 1. The molecule has 0 saturated heterocycles. The third kappa shape index (κ3) is 3.51. The summed E-state index contributed by atoms with van der Waals surface area (Å²) in [6.45, 7) is 3.91. The molecular weight excluding hydrogens is 226 g/mol. The van der Waals surface area contributed by atoms with E-state index in [1.807, 2.05) is 32.0 Å². The lowest BCUT2D eigenvalue weighted by atomic mass is 9.94. The minimum absolute atomic E-state index is 0.0595. The van der Waals surface area contributed by atoms with Crippen molar-refractivity contribution in [3.8, 4) is 0 Å². The first kappa shape index (κ1) is 13.0. The molecule has 0 aliphatic carbocycles. The van der Waals surface area contributed by atoms with E-state index in [1.165, 1.54) is 7.11 Å². The van der Waals surface area contributed by atoms with Gasteiger partial charge in [-0.15, -0.1) is 0 Å². The maximum absolute atomic E-state index is 11.4. The summed E-state index contributed by atoms with van der Waals surface area (Å²) in [5.74, 6) is -0.146. The van der Waals surface area contributed by atoms with E-state index >= 15 is 0 Å². The highest BCUT2D eigenvalue weighted by Crippen LogP contribution is 2.22. The van der Waals surface area contributed by atoms with Crippen LogP contribution in [0.3, 0.4) is 0 Å². The zero-order chi connectivity index (χ0) is 12.2. The highest BCUT2D eigenvalue weighted by molar-refractivity contribution is 6.30. The number of ether oxygens (including phenoxy) is 1. The fourth-order valence-electron chi connectivity index (χ4n) is 1.47. The first-order chi connectivity index (χ1) is 7.45. The van der Waals surface area contributed by atoms with Crippen LogP contribution in [0, 0.1) is 0 Å². The second-order valence-corrected chi connectivity index (χ2v) is 4.55. The Bertz CT molecular complexity index is 377. The van der Waals surface area contributed by atoms with Gasteiger partial charge in [-0.2, -0.15) is 0 Å². The second kappa shape index (κ2) is 5.32. The summed E-state index contributed by atoms with van der Waals surface area (Å²) in [7, 11) is 1.49. The van der Waals surface area contributed by atoms with E-state index in [9.17, 15) is 4.79 Å². The molecule has 0 fully saturated rings. The van der Waals surface area contributed by atoms with Gasteiger partial charge in [0, 0.05) is 12.1 Å².